The lowest BCUT2D eigenvalue weighted by Crippen LogP contribution is -2.33. The Kier molecular flexibility index (Phi) is 6.34. The SMILES string of the molecule is O=C(N[C@H](C(=O)O)c1c[nH]c2ccc(O)cc12)c1ccc2c(c1)nc(-c1ccc3ccccc3n1)n2C1CCCCC1. The highest BCUT2D eigenvalue weighted by molar-refractivity contribution is 6.01. The molecule has 1 saturated carbocycles. The van der Waals surface area contributed by atoms with Crippen molar-refractivity contribution in [2.45, 2.75) is 44.2 Å². The van der Waals surface area contributed by atoms with Crippen molar-refractivity contribution >= 4 is 44.7 Å². The van der Waals surface area contributed by atoms with Crippen LogP contribution in [0.4, 0.5) is 0 Å². The number of amides is 1. The number of carbonyl (C=O) groups excluding carboxylic acids is 1. The molecule has 3 aromatic carbocycles. The highest BCUT2D eigenvalue weighted by Gasteiger charge is 2.27. The van der Waals surface area contributed by atoms with E-state index in [1.54, 1.807) is 24.4 Å². The van der Waals surface area contributed by atoms with Gasteiger partial charge in [-0.15, -0.1) is 0 Å². The molecule has 1 aliphatic rings. The summed E-state index contributed by atoms with van der Waals surface area (Å²) >= 11 is 0. The number of aromatic hydroxyl groups is 1. The number of rotatable bonds is 6. The van der Waals surface area contributed by atoms with Crippen molar-refractivity contribution in [3.8, 4) is 17.3 Å². The van der Waals surface area contributed by atoms with Crippen LogP contribution >= 0.6 is 0 Å². The van der Waals surface area contributed by atoms with Crippen LogP contribution in [0.1, 0.15) is 60.1 Å². The molecule has 1 fully saturated rings. The number of hydrogen-bond donors (Lipinski definition) is 4. The third-order valence-corrected chi connectivity index (χ3v) is 8.25. The second kappa shape index (κ2) is 10.3. The van der Waals surface area contributed by atoms with E-state index >= 15 is 0 Å². The summed E-state index contributed by atoms with van der Waals surface area (Å²) in [4.78, 5) is 38.6. The van der Waals surface area contributed by atoms with E-state index in [-0.39, 0.29) is 11.8 Å². The van der Waals surface area contributed by atoms with E-state index in [0.717, 1.165) is 53.6 Å². The first-order valence-electron chi connectivity index (χ1n) is 14.2. The van der Waals surface area contributed by atoms with Crippen LogP contribution in [0.5, 0.6) is 5.75 Å². The molecule has 6 aromatic rings. The maximum Gasteiger partial charge on any atom is 0.331 e. The minimum atomic E-state index is -1.32. The molecular weight excluding hydrogens is 530 g/mol. The number of aliphatic carboxylic acids is 1. The molecule has 1 aliphatic carbocycles. The summed E-state index contributed by atoms with van der Waals surface area (Å²) in [6, 6.07) is 21.0. The highest BCUT2D eigenvalue weighted by Crippen LogP contribution is 2.36. The monoisotopic (exact) mass is 559 g/mol. The Morgan fingerprint density at radius 1 is 0.929 bits per heavy atom. The third-order valence-electron chi connectivity index (χ3n) is 8.25. The third kappa shape index (κ3) is 4.52. The largest absolute Gasteiger partial charge is 0.508 e. The van der Waals surface area contributed by atoms with Gasteiger partial charge in [-0.05, 0) is 61.4 Å². The first kappa shape index (κ1) is 25.8. The molecule has 0 saturated heterocycles. The Labute approximate surface area is 240 Å². The molecular formula is C33H29N5O4. The fourth-order valence-electron chi connectivity index (χ4n) is 6.18. The predicted octanol–water partition coefficient (Wildman–Crippen LogP) is 6.50. The van der Waals surface area contributed by atoms with Crippen LogP contribution in [0.15, 0.2) is 79.0 Å². The number of para-hydroxylation sites is 1. The summed E-state index contributed by atoms with van der Waals surface area (Å²) in [6.45, 7) is 0. The fourth-order valence-corrected chi connectivity index (χ4v) is 6.18. The minimum Gasteiger partial charge on any atom is -0.508 e. The number of benzene rings is 3. The molecule has 0 spiro atoms. The smallest absolute Gasteiger partial charge is 0.331 e. The van der Waals surface area contributed by atoms with Gasteiger partial charge < -0.3 is 25.1 Å². The number of aromatic nitrogens is 4. The molecule has 1 atom stereocenters. The van der Waals surface area contributed by atoms with Gasteiger partial charge in [-0.3, -0.25) is 4.79 Å². The van der Waals surface area contributed by atoms with Crippen LogP contribution in [0.25, 0.3) is 44.4 Å². The van der Waals surface area contributed by atoms with Gasteiger partial charge in [0.25, 0.3) is 5.91 Å². The molecule has 1 amide bonds. The van der Waals surface area contributed by atoms with E-state index in [0.29, 0.717) is 27.5 Å². The molecule has 9 nitrogen and oxygen atoms in total. The minimum absolute atomic E-state index is 0.00882. The molecule has 7 rings (SSSR count). The lowest BCUT2D eigenvalue weighted by atomic mass is 9.95. The molecule has 0 radical (unpaired) electrons. The van der Waals surface area contributed by atoms with Crippen LogP contribution in [0.2, 0.25) is 0 Å². The number of fused-ring (bicyclic) bond motifs is 3. The number of phenols is 1. The summed E-state index contributed by atoms with van der Waals surface area (Å²) in [5.74, 6) is -0.965. The van der Waals surface area contributed by atoms with Crippen molar-refractivity contribution in [2.24, 2.45) is 0 Å². The number of phenolic OH excluding ortho intramolecular Hbond substituents is 1. The van der Waals surface area contributed by atoms with E-state index in [1.807, 2.05) is 36.4 Å². The van der Waals surface area contributed by atoms with E-state index in [4.69, 9.17) is 9.97 Å². The van der Waals surface area contributed by atoms with Crippen molar-refractivity contribution in [1.29, 1.82) is 0 Å². The van der Waals surface area contributed by atoms with Gasteiger partial charge in [0.1, 0.15) is 11.4 Å². The van der Waals surface area contributed by atoms with Gasteiger partial charge in [0.2, 0.25) is 0 Å². The van der Waals surface area contributed by atoms with Gasteiger partial charge in [0.05, 0.1) is 16.6 Å². The zero-order chi connectivity index (χ0) is 28.8. The Bertz CT molecular complexity index is 1990. The van der Waals surface area contributed by atoms with Gasteiger partial charge in [-0.25, -0.2) is 14.8 Å². The predicted molar refractivity (Wildman–Crippen MR) is 160 cm³/mol. The Morgan fingerprint density at radius 2 is 1.76 bits per heavy atom. The molecule has 42 heavy (non-hydrogen) atoms. The average molecular weight is 560 g/mol. The molecule has 0 bridgehead atoms. The van der Waals surface area contributed by atoms with E-state index in [1.165, 1.54) is 18.6 Å². The Balaban J connectivity index is 1.27. The van der Waals surface area contributed by atoms with Gasteiger partial charge in [0, 0.05) is 39.7 Å². The molecule has 3 aromatic heterocycles. The van der Waals surface area contributed by atoms with Crippen LogP contribution in [-0.2, 0) is 4.79 Å². The second-order valence-corrected chi connectivity index (χ2v) is 10.9. The van der Waals surface area contributed by atoms with Gasteiger partial charge in [-0.2, -0.15) is 0 Å². The average Bonchev–Trinajstić information content (AvgIpc) is 3.60. The first-order chi connectivity index (χ1) is 20.5. The maximum atomic E-state index is 13.4. The number of carboxylic acid groups (broad SMARTS) is 1. The number of carbonyl (C=O) groups is 2. The van der Waals surface area contributed by atoms with E-state index in [9.17, 15) is 19.8 Å². The number of nitrogens with one attached hydrogen (secondary N) is 2. The summed E-state index contributed by atoms with van der Waals surface area (Å²) in [5, 5.41) is 24.2. The van der Waals surface area contributed by atoms with Crippen LogP contribution in [0.3, 0.4) is 0 Å². The Morgan fingerprint density at radius 3 is 2.60 bits per heavy atom. The quantitative estimate of drug-likeness (QED) is 0.184. The number of carboxylic acids is 1. The molecule has 210 valence electrons. The first-order valence-corrected chi connectivity index (χ1v) is 14.2. The summed E-state index contributed by atoms with van der Waals surface area (Å²) in [7, 11) is 0. The molecule has 4 N–H and O–H groups in total. The number of hydrogen-bond acceptors (Lipinski definition) is 5. The normalized spacial score (nSPS) is 14.9. The van der Waals surface area contributed by atoms with Crippen molar-refractivity contribution < 1.29 is 19.8 Å². The number of pyridine rings is 1. The highest BCUT2D eigenvalue weighted by atomic mass is 16.4. The summed E-state index contributed by atoms with van der Waals surface area (Å²) in [6.07, 6.45) is 7.16. The van der Waals surface area contributed by atoms with E-state index in [2.05, 4.69) is 20.9 Å². The lowest BCUT2D eigenvalue weighted by Gasteiger charge is -2.25. The van der Waals surface area contributed by atoms with Crippen LogP contribution in [0, 0.1) is 0 Å². The standard InChI is InChI=1S/C33H29N5O4/c39-22-12-14-26-23(17-22)24(18-34-26)30(33(41)42)37-32(40)20-11-15-29-28(16-20)36-31(38(29)21-7-2-1-3-8-21)27-13-10-19-6-4-5-9-25(19)35-27/h4-6,9-18,21,30,34,39H,1-3,7-8H2,(H,37,40)(H,41,42)/t30-/m0/s1. The zero-order valence-corrected chi connectivity index (χ0v) is 22.7. The zero-order valence-electron chi connectivity index (χ0n) is 22.7. The van der Waals surface area contributed by atoms with Crippen LogP contribution < -0.4 is 5.32 Å². The van der Waals surface area contributed by atoms with Crippen LogP contribution in [-0.4, -0.2) is 41.6 Å². The van der Waals surface area contributed by atoms with Crippen molar-refractivity contribution in [3.05, 3.63) is 90.1 Å². The second-order valence-electron chi connectivity index (χ2n) is 10.9. The van der Waals surface area contributed by atoms with Gasteiger partial charge in [-0.1, -0.05) is 43.5 Å². The summed E-state index contributed by atoms with van der Waals surface area (Å²) < 4.78 is 2.27. The lowest BCUT2D eigenvalue weighted by molar-refractivity contribution is -0.139. The van der Waals surface area contributed by atoms with Gasteiger partial charge >= 0.3 is 5.97 Å². The molecule has 3 heterocycles. The topological polar surface area (TPSA) is 133 Å². The van der Waals surface area contributed by atoms with Crippen molar-refractivity contribution in [1.82, 2.24) is 24.8 Å². The maximum absolute atomic E-state index is 13.4. The fraction of sp³-hybridized carbons (Fsp3) is 0.212. The molecule has 0 unspecified atom stereocenters. The molecule has 0 aliphatic heterocycles. The van der Waals surface area contributed by atoms with Crippen molar-refractivity contribution in [3.63, 3.8) is 0 Å². The van der Waals surface area contributed by atoms with Gasteiger partial charge in [0.15, 0.2) is 11.9 Å². The number of nitrogens with zero attached hydrogens (tertiary/aromatic N) is 3. The number of H-pyrrole nitrogens is 1. The number of aromatic amines is 1. The van der Waals surface area contributed by atoms with Crippen molar-refractivity contribution in [2.75, 3.05) is 0 Å². The summed E-state index contributed by atoms with van der Waals surface area (Å²) in [5.41, 5.74) is 4.56. The Hall–Kier alpha value is -5.18. The molecule has 9 heteroatoms. The van der Waals surface area contributed by atoms with E-state index < -0.39 is 17.9 Å². The number of imidazole rings is 1.